The van der Waals surface area contributed by atoms with E-state index >= 15 is 0 Å². The quantitative estimate of drug-likeness (QED) is 0.755. The van der Waals surface area contributed by atoms with E-state index in [0.29, 0.717) is 17.4 Å². The molecule has 0 amide bonds. The Morgan fingerprint density at radius 1 is 1.29 bits per heavy atom. The van der Waals surface area contributed by atoms with Gasteiger partial charge in [0.2, 0.25) is 0 Å². The van der Waals surface area contributed by atoms with Gasteiger partial charge in [-0.05, 0) is 44.0 Å². The minimum absolute atomic E-state index is 0.135. The first-order valence-electron chi connectivity index (χ1n) is 7.30. The Kier molecular flexibility index (Phi) is 3.75. The van der Waals surface area contributed by atoms with E-state index in [1.165, 1.54) is 17.7 Å². The van der Waals surface area contributed by atoms with E-state index in [1.54, 1.807) is 6.07 Å². The minimum atomic E-state index is -0.153. The van der Waals surface area contributed by atoms with Crippen LogP contribution in [0.15, 0.2) is 24.4 Å². The summed E-state index contributed by atoms with van der Waals surface area (Å²) in [7, 11) is 0. The van der Waals surface area contributed by atoms with E-state index < -0.39 is 0 Å². The molecule has 1 unspecified atom stereocenters. The van der Waals surface area contributed by atoms with Gasteiger partial charge in [-0.3, -0.25) is 0 Å². The van der Waals surface area contributed by atoms with Gasteiger partial charge in [0.15, 0.2) is 17.3 Å². The highest BCUT2D eigenvalue weighted by Crippen LogP contribution is 2.32. The van der Waals surface area contributed by atoms with Crippen LogP contribution in [0.25, 0.3) is 11.4 Å². The van der Waals surface area contributed by atoms with Gasteiger partial charge in [-0.2, -0.15) is 0 Å². The summed E-state index contributed by atoms with van der Waals surface area (Å²) in [4.78, 5) is 9.06. The van der Waals surface area contributed by atoms with Crippen LogP contribution in [-0.2, 0) is 6.42 Å². The number of hydrogen-bond acceptors (Lipinski definition) is 5. The number of nitrogens with one attached hydrogen (secondary N) is 1. The maximum Gasteiger partial charge on any atom is 0.159 e. The zero-order valence-corrected chi connectivity index (χ0v) is 12.0. The molecule has 5 nitrogen and oxygen atoms in total. The highest BCUT2D eigenvalue weighted by atomic mass is 16.3. The summed E-state index contributed by atoms with van der Waals surface area (Å²) in [5, 5.41) is 22.4. The lowest BCUT2D eigenvalue weighted by atomic mass is 9.92. The molecule has 0 fully saturated rings. The van der Waals surface area contributed by atoms with Crippen LogP contribution < -0.4 is 5.32 Å². The van der Waals surface area contributed by atoms with Crippen molar-refractivity contribution in [2.24, 2.45) is 0 Å². The number of aromatic hydroxyl groups is 2. The third-order valence-electron chi connectivity index (χ3n) is 3.87. The molecule has 0 saturated carbocycles. The minimum Gasteiger partial charge on any atom is -0.504 e. The van der Waals surface area contributed by atoms with E-state index in [4.69, 9.17) is 0 Å². The SMILES string of the molecule is CCNC1CCCc2nc(-c3ccc(O)c(O)c3)ncc21. The average Bonchev–Trinajstić information content (AvgIpc) is 2.50. The molecule has 1 atom stereocenters. The number of aryl methyl sites for hydroxylation is 1. The predicted octanol–water partition coefficient (Wildman–Crippen LogP) is 2.54. The van der Waals surface area contributed by atoms with Gasteiger partial charge in [0.05, 0.1) is 0 Å². The van der Waals surface area contributed by atoms with Crippen LogP contribution >= 0.6 is 0 Å². The third-order valence-corrected chi connectivity index (χ3v) is 3.87. The summed E-state index contributed by atoms with van der Waals surface area (Å²) in [6, 6.07) is 4.99. The Balaban J connectivity index is 1.97. The number of rotatable bonds is 3. The van der Waals surface area contributed by atoms with Gasteiger partial charge in [-0.15, -0.1) is 0 Å². The standard InChI is InChI=1S/C16H19N3O2/c1-2-17-12-4-3-5-13-11(12)9-18-16(19-13)10-6-7-14(20)15(21)8-10/h6-9,12,17,20-21H,2-5H2,1H3. The summed E-state index contributed by atoms with van der Waals surface area (Å²) in [5.41, 5.74) is 2.96. The topological polar surface area (TPSA) is 78.3 Å². The number of phenolic OH excluding ortho intramolecular Hbond substituents is 2. The van der Waals surface area contributed by atoms with E-state index in [9.17, 15) is 10.2 Å². The second kappa shape index (κ2) is 5.69. The first kappa shape index (κ1) is 13.8. The van der Waals surface area contributed by atoms with Gasteiger partial charge in [0.25, 0.3) is 0 Å². The van der Waals surface area contributed by atoms with Crippen LogP contribution in [0.5, 0.6) is 11.5 Å². The Bertz CT molecular complexity index is 658. The summed E-state index contributed by atoms with van der Waals surface area (Å²) in [6.07, 6.45) is 5.07. The van der Waals surface area contributed by atoms with Crippen molar-refractivity contribution in [3.63, 3.8) is 0 Å². The summed E-state index contributed by atoms with van der Waals surface area (Å²) >= 11 is 0. The van der Waals surface area contributed by atoms with Gasteiger partial charge in [-0.1, -0.05) is 6.92 Å². The molecule has 1 aromatic carbocycles. The maximum atomic E-state index is 9.60. The molecule has 1 heterocycles. The molecular formula is C16H19N3O2. The van der Waals surface area contributed by atoms with Crippen molar-refractivity contribution in [2.45, 2.75) is 32.2 Å². The van der Waals surface area contributed by atoms with Crippen molar-refractivity contribution in [3.8, 4) is 22.9 Å². The molecular weight excluding hydrogens is 266 g/mol. The Morgan fingerprint density at radius 3 is 2.90 bits per heavy atom. The predicted molar refractivity (Wildman–Crippen MR) is 80.2 cm³/mol. The first-order chi connectivity index (χ1) is 10.2. The molecule has 110 valence electrons. The highest BCUT2D eigenvalue weighted by molar-refractivity contribution is 5.60. The van der Waals surface area contributed by atoms with Gasteiger partial charge in [0, 0.05) is 29.1 Å². The van der Waals surface area contributed by atoms with Crippen LogP contribution in [0.3, 0.4) is 0 Å². The van der Waals surface area contributed by atoms with Crippen LogP contribution in [-0.4, -0.2) is 26.7 Å². The van der Waals surface area contributed by atoms with Crippen LogP contribution in [0.4, 0.5) is 0 Å². The number of aromatic nitrogens is 2. The van der Waals surface area contributed by atoms with Crippen LogP contribution in [0.1, 0.15) is 37.1 Å². The van der Waals surface area contributed by atoms with Gasteiger partial charge in [-0.25, -0.2) is 9.97 Å². The fourth-order valence-corrected chi connectivity index (χ4v) is 2.81. The lowest BCUT2D eigenvalue weighted by molar-refractivity contribution is 0.404. The molecule has 0 aliphatic heterocycles. The summed E-state index contributed by atoms with van der Waals surface area (Å²) in [6.45, 7) is 3.03. The van der Waals surface area contributed by atoms with Gasteiger partial charge >= 0.3 is 0 Å². The third kappa shape index (κ3) is 2.69. The van der Waals surface area contributed by atoms with Gasteiger partial charge in [0.1, 0.15) is 0 Å². The van der Waals surface area contributed by atoms with E-state index in [0.717, 1.165) is 31.5 Å². The molecule has 1 aliphatic rings. The molecule has 0 bridgehead atoms. The normalized spacial score (nSPS) is 17.5. The van der Waals surface area contributed by atoms with Crippen molar-refractivity contribution in [1.82, 2.24) is 15.3 Å². The number of hydrogen-bond donors (Lipinski definition) is 3. The summed E-state index contributed by atoms with van der Waals surface area (Å²) in [5.74, 6) is 0.296. The molecule has 0 spiro atoms. The molecule has 1 aliphatic carbocycles. The lowest BCUT2D eigenvalue weighted by Crippen LogP contribution is -2.25. The zero-order chi connectivity index (χ0) is 14.8. The highest BCUT2D eigenvalue weighted by Gasteiger charge is 2.21. The average molecular weight is 285 g/mol. The lowest BCUT2D eigenvalue weighted by Gasteiger charge is -2.25. The van der Waals surface area contributed by atoms with Crippen molar-refractivity contribution in [1.29, 1.82) is 0 Å². The maximum absolute atomic E-state index is 9.60. The number of benzene rings is 1. The zero-order valence-electron chi connectivity index (χ0n) is 12.0. The second-order valence-electron chi connectivity index (χ2n) is 5.30. The molecule has 1 aromatic heterocycles. The second-order valence-corrected chi connectivity index (χ2v) is 5.30. The first-order valence-corrected chi connectivity index (χ1v) is 7.30. The number of phenols is 2. The van der Waals surface area contributed by atoms with Crippen molar-refractivity contribution >= 4 is 0 Å². The van der Waals surface area contributed by atoms with Crippen molar-refractivity contribution in [3.05, 3.63) is 35.7 Å². The Morgan fingerprint density at radius 2 is 2.14 bits per heavy atom. The van der Waals surface area contributed by atoms with Gasteiger partial charge < -0.3 is 15.5 Å². The smallest absolute Gasteiger partial charge is 0.159 e. The van der Waals surface area contributed by atoms with Crippen molar-refractivity contribution < 1.29 is 10.2 Å². The summed E-state index contributed by atoms with van der Waals surface area (Å²) < 4.78 is 0. The Hall–Kier alpha value is -2.14. The molecule has 2 aromatic rings. The van der Waals surface area contributed by atoms with Crippen LogP contribution in [0, 0.1) is 0 Å². The Labute approximate surface area is 123 Å². The number of fused-ring (bicyclic) bond motifs is 1. The molecule has 0 saturated heterocycles. The van der Waals surface area contributed by atoms with E-state index in [-0.39, 0.29) is 11.5 Å². The number of nitrogens with zero attached hydrogens (tertiary/aromatic N) is 2. The van der Waals surface area contributed by atoms with Crippen molar-refractivity contribution in [2.75, 3.05) is 6.54 Å². The van der Waals surface area contributed by atoms with E-state index in [1.807, 2.05) is 6.20 Å². The largest absolute Gasteiger partial charge is 0.504 e. The molecule has 5 heteroatoms. The monoisotopic (exact) mass is 285 g/mol. The van der Waals surface area contributed by atoms with E-state index in [2.05, 4.69) is 22.2 Å². The molecule has 0 radical (unpaired) electrons. The molecule has 21 heavy (non-hydrogen) atoms. The van der Waals surface area contributed by atoms with Crippen LogP contribution in [0.2, 0.25) is 0 Å². The molecule has 3 N–H and O–H groups in total. The fourth-order valence-electron chi connectivity index (χ4n) is 2.81. The molecule has 3 rings (SSSR count). The fraction of sp³-hybridized carbons (Fsp3) is 0.375.